The van der Waals surface area contributed by atoms with E-state index in [9.17, 15) is 26.4 Å². The molecule has 1 saturated heterocycles. The topological polar surface area (TPSA) is 203 Å². The quantitative estimate of drug-likeness (QED) is 0.0960. The summed E-state index contributed by atoms with van der Waals surface area (Å²) in [7, 11) is -8.15. The van der Waals surface area contributed by atoms with Crippen molar-refractivity contribution in [3.8, 4) is 0 Å². The Kier molecular flexibility index (Phi) is 7.35. The van der Waals surface area contributed by atoms with Crippen molar-refractivity contribution in [2.75, 3.05) is 23.8 Å². The summed E-state index contributed by atoms with van der Waals surface area (Å²) in [5, 5.41) is 5.41. The van der Waals surface area contributed by atoms with Crippen LogP contribution in [0.5, 0.6) is 0 Å². The maximum Gasteiger partial charge on any atom is 0.264 e. The Bertz CT molecular complexity index is 991. The number of carbonyl (C=O) groups excluding carboxylic acids is 2. The molecule has 162 valence electrons. The van der Waals surface area contributed by atoms with E-state index in [1.54, 1.807) is 0 Å². The summed E-state index contributed by atoms with van der Waals surface area (Å²) >= 11 is 0. The highest BCUT2D eigenvalue weighted by Crippen LogP contribution is 2.23. The number of ketones is 1. The average molecular weight is 450 g/mol. The SMILES string of the molecule is Nc1cc(C(=O)NCCCS(=O)(=O)O)cc(C(=O)C2N[C@@H]2CCCS(=O)(=O)O)c1. The Morgan fingerprint density at radius 1 is 1.00 bits per heavy atom. The van der Waals surface area contributed by atoms with Gasteiger partial charge in [-0.3, -0.25) is 18.7 Å². The highest BCUT2D eigenvalue weighted by Gasteiger charge is 2.42. The van der Waals surface area contributed by atoms with Crippen molar-refractivity contribution in [3.63, 3.8) is 0 Å². The molecule has 0 spiro atoms. The van der Waals surface area contributed by atoms with Crippen molar-refractivity contribution in [2.45, 2.75) is 31.3 Å². The molecule has 11 nitrogen and oxygen atoms in total. The highest BCUT2D eigenvalue weighted by molar-refractivity contribution is 7.86. The zero-order chi connectivity index (χ0) is 21.8. The Hall–Kier alpha value is -2.06. The zero-order valence-electron chi connectivity index (χ0n) is 15.4. The van der Waals surface area contributed by atoms with Gasteiger partial charge in [0.1, 0.15) is 0 Å². The second-order valence-electron chi connectivity index (χ2n) is 6.78. The molecule has 0 radical (unpaired) electrons. The number of Topliss-reactive ketones (excluding diaryl/α,β-unsaturated/α-hetero) is 1. The summed E-state index contributed by atoms with van der Waals surface area (Å²) in [6, 6.07) is 3.42. The van der Waals surface area contributed by atoms with Gasteiger partial charge >= 0.3 is 0 Å². The maximum absolute atomic E-state index is 12.6. The van der Waals surface area contributed by atoms with E-state index in [1.165, 1.54) is 18.2 Å². The number of hydrogen-bond donors (Lipinski definition) is 5. The van der Waals surface area contributed by atoms with Crippen LogP contribution in [0.25, 0.3) is 0 Å². The first-order chi connectivity index (χ1) is 13.4. The molecule has 1 aromatic rings. The molecular weight excluding hydrogens is 426 g/mol. The van der Waals surface area contributed by atoms with Gasteiger partial charge in [0, 0.05) is 29.4 Å². The first kappa shape index (κ1) is 23.2. The van der Waals surface area contributed by atoms with Crippen molar-refractivity contribution in [1.82, 2.24) is 10.6 Å². The summed E-state index contributed by atoms with van der Waals surface area (Å²) in [6.07, 6.45) is 0.615. The molecule has 0 aromatic heterocycles. The number of amides is 1. The smallest absolute Gasteiger partial charge is 0.264 e. The molecule has 1 aromatic carbocycles. The van der Waals surface area contributed by atoms with Gasteiger partial charge in [0.2, 0.25) is 0 Å². The fourth-order valence-electron chi connectivity index (χ4n) is 2.83. The number of benzene rings is 1. The van der Waals surface area contributed by atoms with E-state index in [-0.39, 0.29) is 53.8 Å². The Morgan fingerprint density at radius 2 is 1.59 bits per heavy atom. The van der Waals surface area contributed by atoms with Crippen molar-refractivity contribution in [2.24, 2.45) is 0 Å². The molecule has 0 saturated carbocycles. The molecule has 1 heterocycles. The lowest BCUT2D eigenvalue weighted by Gasteiger charge is -2.08. The minimum absolute atomic E-state index is 0.0106. The van der Waals surface area contributed by atoms with Gasteiger partial charge in [0.05, 0.1) is 17.5 Å². The van der Waals surface area contributed by atoms with E-state index in [2.05, 4.69) is 10.6 Å². The van der Waals surface area contributed by atoms with Gasteiger partial charge in [-0.25, -0.2) is 0 Å². The zero-order valence-corrected chi connectivity index (χ0v) is 17.0. The van der Waals surface area contributed by atoms with Gasteiger partial charge < -0.3 is 16.4 Å². The van der Waals surface area contributed by atoms with Gasteiger partial charge in [-0.1, -0.05) is 0 Å². The Morgan fingerprint density at radius 3 is 2.21 bits per heavy atom. The first-order valence-corrected chi connectivity index (χ1v) is 12.0. The molecule has 1 amide bonds. The second kappa shape index (κ2) is 9.17. The van der Waals surface area contributed by atoms with Crippen LogP contribution in [-0.2, 0) is 20.2 Å². The van der Waals surface area contributed by atoms with Crippen LogP contribution >= 0.6 is 0 Å². The van der Waals surface area contributed by atoms with E-state index in [4.69, 9.17) is 14.8 Å². The normalized spacial score (nSPS) is 19.0. The minimum Gasteiger partial charge on any atom is -0.399 e. The standard InChI is InChI=1S/C16H23N3O8S2/c17-12-8-10(15(20)14-13(19-14)3-1-5-28(22,23)24)7-11(9-12)16(21)18-4-2-6-29(25,26)27/h7-9,13-14,19H,1-6,17H2,(H,18,21)(H,22,23,24)(H,25,26,27)/t13-,14?/m1/s1. The van der Waals surface area contributed by atoms with Crippen molar-refractivity contribution in [3.05, 3.63) is 29.3 Å². The predicted molar refractivity (Wildman–Crippen MR) is 105 cm³/mol. The summed E-state index contributed by atoms with van der Waals surface area (Å²) < 4.78 is 60.2. The molecule has 1 unspecified atom stereocenters. The number of rotatable bonds is 11. The molecule has 1 fully saturated rings. The molecule has 0 aliphatic carbocycles. The molecule has 1 aliphatic rings. The van der Waals surface area contributed by atoms with Gasteiger partial charge in [-0.05, 0) is 37.5 Å². The van der Waals surface area contributed by atoms with E-state index in [1.807, 2.05) is 0 Å². The van der Waals surface area contributed by atoms with E-state index in [0.29, 0.717) is 6.42 Å². The summed E-state index contributed by atoms with van der Waals surface area (Å²) in [5.74, 6) is -1.71. The monoisotopic (exact) mass is 449 g/mol. The lowest BCUT2D eigenvalue weighted by molar-refractivity contribution is 0.0953. The van der Waals surface area contributed by atoms with Gasteiger partial charge in [-0.15, -0.1) is 0 Å². The summed E-state index contributed by atoms with van der Waals surface area (Å²) in [6.45, 7) is 0.0106. The maximum atomic E-state index is 12.6. The van der Waals surface area contributed by atoms with Gasteiger partial charge in [-0.2, -0.15) is 16.8 Å². The third-order valence-electron chi connectivity index (χ3n) is 4.25. The molecule has 2 atom stereocenters. The summed E-state index contributed by atoms with van der Waals surface area (Å²) in [5.41, 5.74) is 6.31. The number of carbonyl (C=O) groups is 2. The van der Waals surface area contributed by atoms with Crippen molar-refractivity contribution >= 4 is 37.6 Å². The number of hydrogen-bond acceptors (Lipinski definition) is 8. The molecule has 1 aliphatic heterocycles. The van der Waals surface area contributed by atoms with E-state index < -0.39 is 37.9 Å². The molecule has 6 N–H and O–H groups in total. The largest absolute Gasteiger partial charge is 0.399 e. The van der Waals surface area contributed by atoms with Gasteiger partial charge in [0.15, 0.2) is 5.78 Å². The molecule has 13 heteroatoms. The van der Waals surface area contributed by atoms with Gasteiger partial charge in [0.25, 0.3) is 26.1 Å². The van der Waals surface area contributed by atoms with Crippen LogP contribution in [0.2, 0.25) is 0 Å². The molecule has 2 rings (SSSR count). The lowest BCUT2D eigenvalue weighted by atomic mass is 10.0. The number of nitrogens with two attached hydrogens (primary N) is 1. The number of anilines is 1. The van der Waals surface area contributed by atoms with Crippen molar-refractivity contribution in [1.29, 1.82) is 0 Å². The molecular formula is C16H23N3O8S2. The minimum atomic E-state index is -4.10. The van der Waals surface area contributed by atoms with E-state index >= 15 is 0 Å². The Balaban J connectivity index is 1.93. The third-order valence-corrected chi connectivity index (χ3v) is 5.86. The first-order valence-electron chi connectivity index (χ1n) is 8.75. The third kappa shape index (κ3) is 8.06. The van der Waals surface area contributed by atoms with Crippen LogP contribution in [0.3, 0.4) is 0 Å². The van der Waals surface area contributed by atoms with Crippen LogP contribution < -0.4 is 16.4 Å². The fourth-order valence-corrected chi connectivity index (χ4v) is 3.87. The summed E-state index contributed by atoms with van der Waals surface area (Å²) in [4.78, 5) is 24.8. The highest BCUT2D eigenvalue weighted by atomic mass is 32.2. The van der Waals surface area contributed by atoms with Crippen LogP contribution in [0.1, 0.15) is 40.0 Å². The molecule has 0 bridgehead atoms. The predicted octanol–water partition coefficient (Wildman–Crippen LogP) is -0.532. The van der Waals surface area contributed by atoms with Crippen LogP contribution in [0, 0.1) is 0 Å². The van der Waals surface area contributed by atoms with E-state index in [0.717, 1.165) is 0 Å². The molecule has 29 heavy (non-hydrogen) atoms. The van der Waals surface area contributed by atoms with Crippen LogP contribution in [0.4, 0.5) is 5.69 Å². The second-order valence-corrected chi connectivity index (χ2v) is 9.93. The number of nitrogens with one attached hydrogen (secondary N) is 2. The number of nitrogen functional groups attached to an aromatic ring is 1. The lowest BCUT2D eigenvalue weighted by Crippen LogP contribution is -2.26. The average Bonchev–Trinajstić information content (AvgIpc) is 3.34. The van der Waals surface area contributed by atoms with Crippen LogP contribution in [0.15, 0.2) is 18.2 Å². The van der Waals surface area contributed by atoms with Crippen molar-refractivity contribution < 1.29 is 35.5 Å². The fraction of sp³-hybridized carbons (Fsp3) is 0.500. The Labute approximate surface area is 168 Å². The van der Waals surface area contributed by atoms with Crippen LogP contribution in [-0.4, -0.2) is 67.8 Å².